The van der Waals surface area contributed by atoms with Gasteiger partial charge >= 0.3 is 0 Å². The van der Waals surface area contributed by atoms with Crippen molar-refractivity contribution in [3.05, 3.63) is 29.6 Å². The zero-order chi connectivity index (χ0) is 11.4. The molecule has 84 valence electrons. The largest absolute Gasteiger partial charge is 0.311 e. The quantitative estimate of drug-likeness (QED) is 0.752. The van der Waals surface area contributed by atoms with E-state index in [2.05, 4.69) is 41.6 Å². The molecule has 0 saturated heterocycles. The SMILES string of the molecule is C=C(C)CC(NC)c1cc(C)nn1CC. The van der Waals surface area contributed by atoms with Gasteiger partial charge < -0.3 is 5.32 Å². The second-order valence-corrected chi connectivity index (χ2v) is 4.03. The highest BCUT2D eigenvalue weighted by Crippen LogP contribution is 2.20. The third-order valence-electron chi connectivity index (χ3n) is 2.49. The molecule has 0 aliphatic rings. The number of hydrogen-bond donors (Lipinski definition) is 1. The zero-order valence-electron chi connectivity index (χ0n) is 10.2. The van der Waals surface area contributed by atoms with Crippen LogP contribution in [0.15, 0.2) is 18.2 Å². The molecular weight excluding hydrogens is 186 g/mol. The predicted molar refractivity (Wildman–Crippen MR) is 63.9 cm³/mol. The molecule has 0 aromatic carbocycles. The first-order chi connectivity index (χ1) is 7.08. The van der Waals surface area contributed by atoms with E-state index < -0.39 is 0 Å². The van der Waals surface area contributed by atoms with E-state index >= 15 is 0 Å². The fourth-order valence-electron chi connectivity index (χ4n) is 1.80. The van der Waals surface area contributed by atoms with Crippen LogP contribution in [-0.2, 0) is 6.54 Å². The molecular formula is C12H21N3. The van der Waals surface area contributed by atoms with Gasteiger partial charge in [-0.3, -0.25) is 4.68 Å². The summed E-state index contributed by atoms with van der Waals surface area (Å²) in [4.78, 5) is 0. The molecule has 1 aromatic rings. The van der Waals surface area contributed by atoms with E-state index in [9.17, 15) is 0 Å². The first kappa shape index (κ1) is 12.0. The minimum atomic E-state index is 0.323. The van der Waals surface area contributed by atoms with Crippen LogP contribution in [0.25, 0.3) is 0 Å². The maximum absolute atomic E-state index is 4.45. The Labute approximate surface area is 92.2 Å². The van der Waals surface area contributed by atoms with E-state index in [1.807, 2.05) is 14.0 Å². The van der Waals surface area contributed by atoms with Crippen LogP contribution in [0.4, 0.5) is 0 Å². The minimum absolute atomic E-state index is 0.323. The third-order valence-corrected chi connectivity index (χ3v) is 2.49. The van der Waals surface area contributed by atoms with Gasteiger partial charge in [-0.2, -0.15) is 5.10 Å². The molecule has 0 amide bonds. The maximum Gasteiger partial charge on any atom is 0.0597 e. The second kappa shape index (κ2) is 5.12. The summed E-state index contributed by atoms with van der Waals surface area (Å²) in [7, 11) is 1.98. The summed E-state index contributed by atoms with van der Waals surface area (Å²) in [6, 6.07) is 2.47. The Kier molecular flexibility index (Phi) is 4.09. The Hall–Kier alpha value is -1.09. The molecule has 0 saturated carbocycles. The van der Waals surface area contributed by atoms with Crippen molar-refractivity contribution < 1.29 is 0 Å². The van der Waals surface area contributed by atoms with Crippen molar-refractivity contribution in [3.8, 4) is 0 Å². The number of rotatable bonds is 5. The van der Waals surface area contributed by atoms with Crippen molar-refractivity contribution in [2.75, 3.05) is 7.05 Å². The van der Waals surface area contributed by atoms with Crippen LogP contribution in [-0.4, -0.2) is 16.8 Å². The van der Waals surface area contributed by atoms with Gasteiger partial charge in [0.1, 0.15) is 0 Å². The van der Waals surface area contributed by atoms with Crippen molar-refractivity contribution in [2.24, 2.45) is 0 Å². The zero-order valence-corrected chi connectivity index (χ0v) is 10.2. The van der Waals surface area contributed by atoms with E-state index in [-0.39, 0.29) is 0 Å². The standard InChI is InChI=1S/C12H21N3/c1-6-15-12(8-10(4)14-15)11(13-5)7-9(2)3/h8,11,13H,2,6-7H2,1,3-5H3. The smallest absolute Gasteiger partial charge is 0.0597 e. The lowest BCUT2D eigenvalue weighted by molar-refractivity contribution is 0.512. The minimum Gasteiger partial charge on any atom is -0.311 e. The van der Waals surface area contributed by atoms with Gasteiger partial charge in [0.15, 0.2) is 0 Å². The highest BCUT2D eigenvalue weighted by atomic mass is 15.3. The molecule has 15 heavy (non-hydrogen) atoms. The van der Waals surface area contributed by atoms with Crippen LogP contribution in [0.5, 0.6) is 0 Å². The fraction of sp³-hybridized carbons (Fsp3) is 0.583. The van der Waals surface area contributed by atoms with Crippen molar-refractivity contribution in [1.29, 1.82) is 0 Å². The number of aryl methyl sites for hydroxylation is 2. The summed E-state index contributed by atoms with van der Waals surface area (Å²) in [5.41, 5.74) is 3.52. The molecule has 1 heterocycles. The van der Waals surface area contributed by atoms with Gasteiger partial charge in [0, 0.05) is 6.54 Å². The number of hydrogen-bond acceptors (Lipinski definition) is 2. The lowest BCUT2D eigenvalue weighted by Crippen LogP contribution is -2.20. The average Bonchev–Trinajstić information content (AvgIpc) is 2.55. The predicted octanol–water partition coefficient (Wildman–Crippen LogP) is 2.44. The van der Waals surface area contributed by atoms with Gasteiger partial charge in [-0.25, -0.2) is 0 Å². The topological polar surface area (TPSA) is 29.9 Å². The van der Waals surface area contributed by atoms with Crippen LogP contribution in [0.1, 0.15) is 37.7 Å². The van der Waals surface area contributed by atoms with Crippen LogP contribution >= 0.6 is 0 Å². The average molecular weight is 207 g/mol. The summed E-state index contributed by atoms with van der Waals surface area (Å²) in [5.74, 6) is 0. The third kappa shape index (κ3) is 2.93. The monoisotopic (exact) mass is 207 g/mol. The molecule has 0 spiro atoms. The van der Waals surface area contributed by atoms with E-state index in [4.69, 9.17) is 0 Å². The summed E-state index contributed by atoms with van der Waals surface area (Å²) < 4.78 is 2.06. The van der Waals surface area contributed by atoms with E-state index in [0.29, 0.717) is 6.04 Å². The lowest BCUT2D eigenvalue weighted by Gasteiger charge is -2.17. The molecule has 0 radical (unpaired) electrons. The number of nitrogens with one attached hydrogen (secondary N) is 1. The molecule has 0 aliphatic carbocycles. The van der Waals surface area contributed by atoms with E-state index in [1.54, 1.807) is 0 Å². The molecule has 1 N–H and O–H groups in total. The summed E-state index contributed by atoms with van der Waals surface area (Å²) in [6.07, 6.45) is 0.960. The molecule has 0 fully saturated rings. The van der Waals surface area contributed by atoms with Crippen LogP contribution in [0, 0.1) is 6.92 Å². The van der Waals surface area contributed by atoms with Gasteiger partial charge in [-0.1, -0.05) is 5.57 Å². The first-order valence-corrected chi connectivity index (χ1v) is 5.44. The molecule has 1 aromatic heterocycles. The Morgan fingerprint density at radius 2 is 2.33 bits per heavy atom. The highest BCUT2D eigenvalue weighted by Gasteiger charge is 2.14. The summed E-state index contributed by atoms with van der Waals surface area (Å²) in [5, 5.41) is 7.77. The Morgan fingerprint density at radius 3 is 2.80 bits per heavy atom. The van der Waals surface area contributed by atoms with Crippen LogP contribution in [0.3, 0.4) is 0 Å². The van der Waals surface area contributed by atoms with E-state index in [1.165, 1.54) is 11.3 Å². The maximum atomic E-state index is 4.45. The molecule has 3 nitrogen and oxygen atoms in total. The van der Waals surface area contributed by atoms with Crippen LogP contribution in [0.2, 0.25) is 0 Å². The van der Waals surface area contributed by atoms with Gasteiger partial charge in [-0.05, 0) is 40.3 Å². The van der Waals surface area contributed by atoms with Crippen molar-refractivity contribution in [1.82, 2.24) is 15.1 Å². The van der Waals surface area contributed by atoms with Gasteiger partial charge in [0.25, 0.3) is 0 Å². The molecule has 1 unspecified atom stereocenters. The highest BCUT2D eigenvalue weighted by molar-refractivity contribution is 5.15. The summed E-state index contributed by atoms with van der Waals surface area (Å²) in [6.45, 7) is 11.1. The molecule has 0 bridgehead atoms. The Bertz CT molecular complexity index is 339. The van der Waals surface area contributed by atoms with Crippen molar-refractivity contribution in [3.63, 3.8) is 0 Å². The fourth-order valence-corrected chi connectivity index (χ4v) is 1.80. The normalized spacial score (nSPS) is 12.8. The Morgan fingerprint density at radius 1 is 1.67 bits per heavy atom. The number of aromatic nitrogens is 2. The molecule has 3 heteroatoms. The molecule has 1 rings (SSSR count). The molecule has 1 atom stereocenters. The Balaban J connectivity index is 2.94. The molecule has 0 aliphatic heterocycles. The number of nitrogens with zero attached hydrogens (tertiary/aromatic N) is 2. The van der Waals surface area contributed by atoms with E-state index in [0.717, 1.165) is 18.7 Å². The second-order valence-electron chi connectivity index (χ2n) is 4.03. The van der Waals surface area contributed by atoms with Crippen LogP contribution < -0.4 is 5.32 Å². The lowest BCUT2D eigenvalue weighted by atomic mass is 10.1. The van der Waals surface area contributed by atoms with Crippen molar-refractivity contribution >= 4 is 0 Å². The first-order valence-electron chi connectivity index (χ1n) is 5.44. The van der Waals surface area contributed by atoms with Gasteiger partial charge in [0.2, 0.25) is 0 Å². The van der Waals surface area contributed by atoms with Gasteiger partial charge in [-0.15, -0.1) is 6.58 Å². The summed E-state index contributed by atoms with van der Waals surface area (Å²) >= 11 is 0. The van der Waals surface area contributed by atoms with Gasteiger partial charge in [0.05, 0.1) is 17.4 Å². The van der Waals surface area contributed by atoms with Crippen molar-refractivity contribution in [2.45, 2.75) is 39.8 Å².